The molecule has 15 heavy (non-hydrogen) atoms. The van der Waals surface area contributed by atoms with Gasteiger partial charge in [0.1, 0.15) is 0 Å². The summed E-state index contributed by atoms with van der Waals surface area (Å²) in [5.41, 5.74) is 6.34. The lowest BCUT2D eigenvalue weighted by atomic mass is 9.77. The van der Waals surface area contributed by atoms with Gasteiger partial charge in [-0.15, -0.1) is 11.3 Å². The SMILES string of the molecule is CCC1CCCC(C(N)c2cccs2)C1. The quantitative estimate of drug-likeness (QED) is 0.824. The van der Waals surface area contributed by atoms with Crippen LogP contribution in [0, 0.1) is 11.8 Å². The van der Waals surface area contributed by atoms with Crippen molar-refractivity contribution >= 4 is 11.3 Å². The van der Waals surface area contributed by atoms with Crippen LogP contribution in [0.15, 0.2) is 17.5 Å². The van der Waals surface area contributed by atoms with Crippen LogP contribution < -0.4 is 5.73 Å². The van der Waals surface area contributed by atoms with Gasteiger partial charge in [-0.2, -0.15) is 0 Å². The Balaban J connectivity index is 1.98. The molecule has 0 amide bonds. The molecule has 3 unspecified atom stereocenters. The highest BCUT2D eigenvalue weighted by Gasteiger charge is 2.26. The van der Waals surface area contributed by atoms with Crippen molar-refractivity contribution < 1.29 is 0 Å². The van der Waals surface area contributed by atoms with Gasteiger partial charge in [-0.3, -0.25) is 0 Å². The molecule has 0 bridgehead atoms. The van der Waals surface area contributed by atoms with Crippen molar-refractivity contribution in [3.8, 4) is 0 Å². The summed E-state index contributed by atoms with van der Waals surface area (Å²) >= 11 is 1.81. The van der Waals surface area contributed by atoms with Crippen LogP contribution >= 0.6 is 11.3 Å². The second kappa shape index (κ2) is 5.13. The van der Waals surface area contributed by atoms with Gasteiger partial charge >= 0.3 is 0 Å². The van der Waals surface area contributed by atoms with Crippen molar-refractivity contribution in [3.63, 3.8) is 0 Å². The molecule has 1 aliphatic rings. The molecule has 2 rings (SSSR count). The minimum absolute atomic E-state index is 0.291. The molecule has 1 nitrogen and oxygen atoms in total. The van der Waals surface area contributed by atoms with E-state index in [1.165, 1.54) is 37.0 Å². The minimum Gasteiger partial charge on any atom is -0.323 e. The van der Waals surface area contributed by atoms with E-state index in [4.69, 9.17) is 5.73 Å². The van der Waals surface area contributed by atoms with E-state index in [2.05, 4.69) is 24.4 Å². The van der Waals surface area contributed by atoms with Crippen LogP contribution in [0.2, 0.25) is 0 Å². The molecule has 0 saturated heterocycles. The zero-order chi connectivity index (χ0) is 10.7. The molecule has 1 fully saturated rings. The molecule has 1 aliphatic carbocycles. The fourth-order valence-corrected chi connectivity index (χ4v) is 3.56. The second-order valence-corrected chi connectivity index (χ2v) is 5.72. The Kier molecular flexibility index (Phi) is 3.81. The Labute approximate surface area is 96.7 Å². The van der Waals surface area contributed by atoms with Gasteiger partial charge in [0.15, 0.2) is 0 Å². The molecule has 1 aromatic rings. The first-order valence-corrected chi connectivity index (χ1v) is 6.98. The zero-order valence-electron chi connectivity index (χ0n) is 9.49. The molecule has 0 aliphatic heterocycles. The average Bonchev–Trinajstić information content (AvgIpc) is 2.81. The zero-order valence-corrected chi connectivity index (χ0v) is 10.3. The maximum atomic E-state index is 6.34. The largest absolute Gasteiger partial charge is 0.323 e. The number of thiophene rings is 1. The maximum absolute atomic E-state index is 6.34. The van der Waals surface area contributed by atoms with Gasteiger partial charge in [-0.05, 0) is 36.1 Å². The van der Waals surface area contributed by atoms with Crippen LogP contribution in [-0.2, 0) is 0 Å². The van der Waals surface area contributed by atoms with Gasteiger partial charge in [0.25, 0.3) is 0 Å². The molecule has 0 radical (unpaired) electrons. The molecule has 1 saturated carbocycles. The topological polar surface area (TPSA) is 26.0 Å². The van der Waals surface area contributed by atoms with Crippen LogP contribution in [0.4, 0.5) is 0 Å². The maximum Gasteiger partial charge on any atom is 0.0418 e. The predicted molar refractivity (Wildman–Crippen MR) is 67.0 cm³/mol. The van der Waals surface area contributed by atoms with Gasteiger partial charge < -0.3 is 5.73 Å². The first kappa shape index (κ1) is 11.2. The fourth-order valence-electron chi connectivity index (χ4n) is 2.74. The minimum atomic E-state index is 0.291. The van der Waals surface area contributed by atoms with Crippen molar-refractivity contribution in [1.29, 1.82) is 0 Å². The Morgan fingerprint density at radius 2 is 2.40 bits per heavy atom. The Morgan fingerprint density at radius 1 is 1.53 bits per heavy atom. The van der Waals surface area contributed by atoms with Crippen LogP contribution in [0.1, 0.15) is 49.9 Å². The second-order valence-electron chi connectivity index (χ2n) is 4.74. The summed E-state index contributed by atoms with van der Waals surface area (Å²) in [5.74, 6) is 1.65. The molecular weight excluding hydrogens is 202 g/mol. The molecule has 2 heteroatoms. The van der Waals surface area contributed by atoms with Gasteiger partial charge in [0, 0.05) is 10.9 Å². The molecule has 0 aromatic carbocycles. The van der Waals surface area contributed by atoms with E-state index in [9.17, 15) is 0 Å². The lowest BCUT2D eigenvalue weighted by Gasteiger charge is -2.32. The van der Waals surface area contributed by atoms with Gasteiger partial charge in [-0.25, -0.2) is 0 Å². The summed E-state index contributed by atoms with van der Waals surface area (Å²) in [6.07, 6.45) is 6.80. The molecule has 2 N–H and O–H groups in total. The van der Waals surface area contributed by atoms with E-state index in [1.54, 1.807) is 0 Å². The van der Waals surface area contributed by atoms with Crippen molar-refractivity contribution in [2.75, 3.05) is 0 Å². The summed E-state index contributed by atoms with van der Waals surface area (Å²) in [6, 6.07) is 4.59. The number of rotatable bonds is 3. The van der Waals surface area contributed by atoms with E-state index >= 15 is 0 Å². The summed E-state index contributed by atoms with van der Waals surface area (Å²) in [4.78, 5) is 1.37. The lowest BCUT2D eigenvalue weighted by Crippen LogP contribution is -2.26. The third-order valence-electron chi connectivity index (χ3n) is 3.78. The summed E-state index contributed by atoms with van der Waals surface area (Å²) in [6.45, 7) is 2.31. The van der Waals surface area contributed by atoms with Crippen molar-refractivity contribution in [2.24, 2.45) is 17.6 Å². The predicted octanol–water partition coefficient (Wildman–Crippen LogP) is 3.96. The lowest BCUT2D eigenvalue weighted by molar-refractivity contribution is 0.232. The monoisotopic (exact) mass is 223 g/mol. The highest BCUT2D eigenvalue weighted by atomic mass is 32.1. The first-order chi connectivity index (χ1) is 7.31. The normalized spacial score (nSPS) is 28.9. The Morgan fingerprint density at radius 3 is 3.07 bits per heavy atom. The average molecular weight is 223 g/mol. The molecule has 0 spiro atoms. The van der Waals surface area contributed by atoms with Crippen LogP contribution in [0.5, 0.6) is 0 Å². The third-order valence-corrected chi connectivity index (χ3v) is 4.75. The van der Waals surface area contributed by atoms with Crippen LogP contribution in [0.25, 0.3) is 0 Å². The molecule has 3 atom stereocenters. The number of hydrogen-bond donors (Lipinski definition) is 1. The van der Waals surface area contributed by atoms with E-state index in [0.717, 1.165) is 11.8 Å². The van der Waals surface area contributed by atoms with Crippen LogP contribution in [0.3, 0.4) is 0 Å². The van der Waals surface area contributed by atoms with E-state index in [0.29, 0.717) is 6.04 Å². The van der Waals surface area contributed by atoms with Crippen molar-refractivity contribution in [1.82, 2.24) is 0 Å². The summed E-state index contributed by atoms with van der Waals surface area (Å²) in [7, 11) is 0. The highest BCUT2D eigenvalue weighted by molar-refractivity contribution is 7.10. The van der Waals surface area contributed by atoms with Crippen molar-refractivity contribution in [2.45, 2.75) is 45.1 Å². The van der Waals surface area contributed by atoms with Gasteiger partial charge in [0.05, 0.1) is 0 Å². The Hall–Kier alpha value is -0.340. The summed E-state index contributed by atoms with van der Waals surface area (Å²) in [5, 5.41) is 2.13. The molecule has 1 aromatic heterocycles. The van der Waals surface area contributed by atoms with E-state index < -0.39 is 0 Å². The number of hydrogen-bond acceptors (Lipinski definition) is 2. The standard InChI is InChI=1S/C13H21NS/c1-2-10-5-3-6-11(9-10)13(14)12-7-4-8-15-12/h4,7-8,10-11,13H,2-3,5-6,9,14H2,1H3. The van der Waals surface area contributed by atoms with E-state index in [1.807, 2.05) is 11.3 Å². The first-order valence-electron chi connectivity index (χ1n) is 6.10. The van der Waals surface area contributed by atoms with Crippen molar-refractivity contribution in [3.05, 3.63) is 22.4 Å². The van der Waals surface area contributed by atoms with Crippen LogP contribution in [-0.4, -0.2) is 0 Å². The Bertz CT molecular complexity index is 281. The summed E-state index contributed by atoms with van der Waals surface area (Å²) < 4.78 is 0. The fraction of sp³-hybridized carbons (Fsp3) is 0.692. The number of nitrogens with two attached hydrogens (primary N) is 1. The molecule has 1 heterocycles. The highest BCUT2D eigenvalue weighted by Crippen LogP contribution is 2.38. The smallest absolute Gasteiger partial charge is 0.0418 e. The van der Waals surface area contributed by atoms with E-state index in [-0.39, 0.29) is 0 Å². The van der Waals surface area contributed by atoms with Gasteiger partial charge in [0.2, 0.25) is 0 Å². The molecule has 84 valence electrons. The molecular formula is C13H21NS. The third kappa shape index (κ3) is 2.61. The van der Waals surface area contributed by atoms with Gasteiger partial charge in [-0.1, -0.05) is 32.3 Å².